The molecule has 0 unspecified atom stereocenters. The molecule has 5 N–H and O–H groups in total. The summed E-state index contributed by atoms with van der Waals surface area (Å²) in [5, 5.41) is 29.1. The molecule has 0 aromatic heterocycles. The van der Waals surface area contributed by atoms with E-state index in [2.05, 4.69) is 12.2 Å². The highest BCUT2D eigenvalue weighted by molar-refractivity contribution is 5.85. The van der Waals surface area contributed by atoms with Crippen LogP contribution in [0, 0.1) is 5.92 Å². The van der Waals surface area contributed by atoms with Crippen LogP contribution in [-0.4, -0.2) is 46.5 Å². The number of hydroxylamine groups is 1. The number of carbonyl (C=O) groups excluding carboxylic acids is 2. The highest BCUT2D eigenvalue weighted by atomic mass is 16.5. The number of unbranched alkanes of at least 4 members (excludes halogenated alkanes) is 6. The highest BCUT2D eigenvalue weighted by Gasteiger charge is 2.23. The number of hydrogen-bond donors (Lipinski definition) is 5. The maximum atomic E-state index is 12.1. The average molecular weight is 332 g/mol. The minimum Gasteiger partial charge on any atom is -0.394 e. The van der Waals surface area contributed by atoms with Crippen LogP contribution >= 0.6 is 0 Å². The second-order valence-electron chi connectivity index (χ2n) is 5.92. The molecular weight excluding hydrogens is 300 g/mol. The summed E-state index contributed by atoms with van der Waals surface area (Å²) in [6.45, 7) is 1.44. The molecule has 0 aliphatic rings. The lowest BCUT2D eigenvalue weighted by atomic mass is 9.95. The summed E-state index contributed by atoms with van der Waals surface area (Å²) in [7, 11) is 0. The van der Waals surface area contributed by atoms with Crippen LogP contribution < -0.4 is 10.8 Å². The molecule has 1 atom stereocenters. The van der Waals surface area contributed by atoms with Gasteiger partial charge in [0.25, 0.3) is 0 Å². The minimum atomic E-state index is -0.726. The summed E-state index contributed by atoms with van der Waals surface area (Å²) >= 11 is 0. The SMILES string of the molecule is CCCCCCCCC[C@H](CC(=O)NO)C(=O)NC(CO)CO. The Bertz CT molecular complexity index is 322. The van der Waals surface area contributed by atoms with E-state index in [0.29, 0.717) is 6.42 Å². The summed E-state index contributed by atoms with van der Waals surface area (Å²) in [6, 6.07) is -0.726. The van der Waals surface area contributed by atoms with Crippen molar-refractivity contribution in [3.63, 3.8) is 0 Å². The van der Waals surface area contributed by atoms with Gasteiger partial charge in [-0.25, -0.2) is 5.48 Å². The molecule has 0 saturated carbocycles. The fourth-order valence-corrected chi connectivity index (χ4v) is 2.41. The molecule has 0 aliphatic heterocycles. The lowest BCUT2D eigenvalue weighted by molar-refractivity contribution is -0.135. The monoisotopic (exact) mass is 332 g/mol. The molecule has 0 aromatic carbocycles. The third kappa shape index (κ3) is 11.1. The molecule has 0 fully saturated rings. The van der Waals surface area contributed by atoms with Gasteiger partial charge in [0.05, 0.1) is 19.3 Å². The fraction of sp³-hybridized carbons (Fsp3) is 0.875. The first-order chi connectivity index (χ1) is 11.1. The molecule has 0 bridgehead atoms. The summed E-state index contributed by atoms with van der Waals surface area (Å²) in [4.78, 5) is 23.5. The molecule has 0 rings (SSSR count). The molecule has 136 valence electrons. The zero-order valence-electron chi connectivity index (χ0n) is 14.1. The van der Waals surface area contributed by atoms with E-state index in [9.17, 15) is 9.59 Å². The quantitative estimate of drug-likeness (QED) is 0.185. The predicted octanol–water partition coefficient (Wildman–Crippen LogP) is 1.11. The average Bonchev–Trinajstić information content (AvgIpc) is 2.57. The molecule has 7 heteroatoms. The van der Waals surface area contributed by atoms with Crippen LogP contribution in [0.25, 0.3) is 0 Å². The number of amides is 2. The third-order valence-electron chi connectivity index (χ3n) is 3.87. The van der Waals surface area contributed by atoms with Gasteiger partial charge in [-0.3, -0.25) is 14.8 Å². The maximum Gasteiger partial charge on any atom is 0.244 e. The van der Waals surface area contributed by atoms with Gasteiger partial charge in [0.15, 0.2) is 0 Å². The van der Waals surface area contributed by atoms with Gasteiger partial charge >= 0.3 is 0 Å². The normalized spacial score (nSPS) is 12.2. The maximum absolute atomic E-state index is 12.1. The van der Waals surface area contributed by atoms with Gasteiger partial charge in [-0.1, -0.05) is 51.9 Å². The van der Waals surface area contributed by atoms with E-state index >= 15 is 0 Å². The van der Waals surface area contributed by atoms with Crippen molar-refractivity contribution >= 4 is 11.8 Å². The number of nitrogens with one attached hydrogen (secondary N) is 2. The molecule has 0 spiro atoms. The van der Waals surface area contributed by atoms with Crippen molar-refractivity contribution in [2.24, 2.45) is 5.92 Å². The minimum absolute atomic E-state index is 0.109. The van der Waals surface area contributed by atoms with Crippen molar-refractivity contribution < 1.29 is 25.0 Å². The Kier molecular flexibility index (Phi) is 13.7. The molecule has 23 heavy (non-hydrogen) atoms. The lowest BCUT2D eigenvalue weighted by Gasteiger charge is -2.19. The molecule has 0 saturated heterocycles. The topological polar surface area (TPSA) is 119 Å². The number of aliphatic hydroxyl groups excluding tert-OH is 2. The number of carbonyl (C=O) groups is 2. The molecule has 0 aromatic rings. The Morgan fingerprint density at radius 3 is 2.04 bits per heavy atom. The van der Waals surface area contributed by atoms with Crippen molar-refractivity contribution in [1.29, 1.82) is 0 Å². The Hall–Kier alpha value is -1.18. The molecule has 7 nitrogen and oxygen atoms in total. The highest BCUT2D eigenvalue weighted by Crippen LogP contribution is 2.16. The van der Waals surface area contributed by atoms with Crippen molar-refractivity contribution in [3.8, 4) is 0 Å². The van der Waals surface area contributed by atoms with E-state index in [0.717, 1.165) is 19.3 Å². The first-order valence-electron chi connectivity index (χ1n) is 8.54. The summed E-state index contributed by atoms with van der Waals surface area (Å²) in [5.41, 5.74) is 1.54. The Morgan fingerprint density at radius 2 is 1.52 bits per heavy atom. The smallest absolute Gasteiger partial charge is 0.244 e. The van der Waals surface area contributed by atoms with Gasteiger partial charge in [-0.05, 0) is 6.42 Å². The second kappa shape index (κ2) is 14.4. The molecule has 2 amide bonds. The Balaban J connectivity index is 4.23. The van der Waals surface area contributed by atoms with E-state index in [1.165, 1.54) is 31.2 Å². The van der Waals surface area contributed by atoms with E-state index < -0.39 is 17.9 Å². The number of aliphatic hydroxyl groups is 2. The fourth-order valence-electron chi connectivity index (χ4n) is 2.41. The van der Waals surface area contributed by atoms with Crippen LogP contribution in [-0.2, 0) is 9.59 Å². The third-order valence-corrected chi connectivity index (χ3v) is 3.87. The zero-order chi connectivity index (χ0) is 17.5. The van der Waals surface area contributed by atoms with Crippen LogP contribution in [0.4, 0.5) is 0 Å². The van der Waals surface area contributed by atoms with E-state index in [1.54, 1.807) is 0 Å². The van der Waals surface area contributed by atoms with Gasteiger partial charge in [0.1, 0.15) is 0 Å². The van der Waals surface area contributed by atoms with E-state index in [-0.39, 0.29) is 25.5 Å². The van der Waals surface area contributed by atoms with Crippen molar-refractivity contribution in [1.82, 2.24) is 10.8 Å². The first-order valence-corrected chi connectivity index (χ1v) is 8.54. The summed E-state index contributed by atoms with van der Waals surface area (Å²) in [6.07, 6.45) is 8.21. The lowest BCUT2D eigenvalue weighted by Crippen LogP contribution is -2.44. The van der Waals surface area contributed by atoms with Gasteiger partial charge in [0, 0.05) is 12.3 Å². The predicted molar refractivity (Wildman–Crippen MR) is 86.7 cm³/mol. The Morgan fingerprint density at radius 1 is 0.957 bits per heavy atom. The molecule has 0 aliphatic carbocycles. The van der Waals surface area contributed by atoms with Gasteiger partial charge in [0.2, 0.25) is 11.8 Å². The summed E-state index contributed by atoms with van der Waals surface area (Å²) in [5.74, 6) is -1.57. The molecule has 0 radical (unpaired) electrons. The first kappa shape index (κ1) is 21.8. The number of rotatable bonds is 14. The van der Waals surface area contributed by atoms with Crippen LogP contribution in [0.1, 0.15) is 64.7 Å². The number of hydrogen-bond acceptors (Lipinski definition) is 5. The van der Waals surface area contributed by atoms with Crippen LogP contribution in [0.5, 0.6) is 0 Å². The zero-order valence-corrected chi connectivity index (χ0v) is 14.1. The van der Waals surface area contributed by atoms with E-state index in [1.807, 2.05) is 0 Å². The van der Waals surface area contributed by atoms with Gasteiger partial charge in [-0.2, -0.15) is 0 Å². The largest absolute Gasteiger partial charge is 0.394 e. The van der Waals surface area contributed by atoms with E-state index in [4.69, 9.17) is 15.4 Å². The van der Waals surface area contributed by atoms with Crippen molar-refractivity contribution in [3.05, 3.63) is 0 Å². The molecule has 0 heterocycles. The standard InChI is InChI=1S/C16H32N2O5/c1-2-3-4-5-6-7-8-9-13(10-15(21)18-23)16(22)17-14(11-19)12-20/h13-14,19-20,23H,2-12H2,1H3,(H,17,22)(H,18,21)/t13-/m1/s1. The van der Waals surface area contributed by atoms with Crippen LogP contribution in [0.2, 0.25) is 0 Å². The van der Waals surface area contributed by atoms with Crippen molar-refractivity contribution in [2.75, 3.05) is 13.2 Å². The van der Waals surface area contributed by atoms with Crippen LogP contribution in [0.15, 0.2) is 0 Å². The Labute approximate surface area is 138 Å². The van der Waals surface area contributed by atoms with Gasteiger partial charge < -0.3 is 15.5 Å². The molecular formula is C16H32N2O5. The van der Waals surface area contributed by atoms with Crippen LogP contribution in [0.3, 0.4) is 0 Å². The van der Waals surface area contributed by atoms with Gasteiger partial charge in [-0.15, -0.1) is 0 Å². The van der Waals surface area contributed by atoms with Crippen molar-refractivity contribution in [2.45, 2.75) is 70.8 Å². The second-order valence-corrected chi connectivity index (χ2v) is 5.92. The summed E-state index contributed by atoms with van der Waals surface area (Å²) < 4.78 is 0.